The van der Waals surface area contributed by atoms with Gasteiger partial charge in [-0.3, -0.25) is 0 Å². The first kappa shape index (κ1) is 16.5. The minimum atomic E-state index is -3.36. The smallest absolute Gasteiger partial charge is 0.242 e. The Hall–Kier alpha value is -0.560. The molecule has 1 rings (SSSR count). The standard InChI is InChI=1S/C13H21NO3S2/c1-11(7-8-15)18-10-12-5-4-6-13(9-12)19(16,17)14(2)3/h4-6,9,11,15H,7-8,10H2,1-3H3. The Labute approximate surface area is 119 Å². The van der Waals surface area contributed by atoms with Gasteiger partial charge in [0.1, 0.15) is 0 Å². The van der Waals surface area contributed by atoms with Gasteiger partial charge in [0.05, 0.1) is 4.90 Å². The summed E-state index contributed by atoms with van der Waals surface area (Å²) >= 11 is 1.71. The summed E-state index contributed by atoms with van der Waals surface area (Å²) in [6, 6.07) is 7.02. The number of hydrogen-bond acceptors (Lipinski definition) is 4. The molecule has 0 saturated carbocycles. The lowest BCUT2D eigenvalue weighted by Gasteiger charge is -2.13. The van der Waals surface area contributed by atoms with Crippen LogP contribution < -0.4 is 0 Å². The third-order valence-corrected chi connectivity index (χ3v) is 5.86. The maximum atomic E-state index is 12.0. The Morgan fingerprint density at radius 3 is 2.63 bits per heavy atom. The molecule has 0 saturated heterocycles. The second-order valence-electron chi connectivity index (χ2n) is 4.57. The van der Waals surface area contributed by atoms with Crippen LogP contribution in [0, 0.1) is 0 Å². The molecule has 19 heavy (non-hydrogen) atoms. The van der Waals surface area contributed by atoms with Gasteiger partial charge in [-0.25, -0.2) is 12.7 Å². The number of benzene rings is 1. The molecule has 0 aromatic heterocycles. The van der Waals surface area contributed by atoms with Crippen LogP contribution in [0.2, 0.25) is 0 Å². The summed E-state index contributed by atoms with van der Waals surface area (Å²) in [6.45, 7) is 2.24. The van der Waals surface area contributed by atoms with E-state index >= 15 is 0 Å². The van der Waals surface area contributed by atoms with E-state index in [0.717, 1.165) is 17.7 Å². The van der Waals surface area contributed by atoms with Crippen LogP contribution in [0.3, 0.4) is 0 Å². The lowest BCUT2D eigenvalue weighted by molar-refractivity contribution is 0.289. The zero-order valence-electron chi connectivity index (χ0n) is 11.5. The van der Waals surface area contributed by atoms with Gasteiger partial charge in [-0.2, -0.15) is 11.8 Å². The predicted molar refractivity (Wildman–Crippen MR) is 79.8 cm³/mol. The Morgan fingerprint density at radius 1 is 1.37 bits per heavy atom. The molecule has 0 aliphatic carbocycles. The van der Waals surface area contributed by atoms with Gasteiger partial charge in [0.25, 0.3) is 0 Å². The summed E-state index contributed by atoms with van der Waals surface area (Å²) in [5.41, 5.74) is 0.984. The third kappa shape index (κ3) is 4.80. The fraction of sp³-hybridized carbons (Fsp3) is 0.538. The van der Waals surface area contributed by atoms with Crippen LogP contribution in [-0.4, -0.2) is 43.8 Å². The molecule has 4 nitrogen and oxygen atoms in total. The predicted octanol–water partition coefficient (Wildman–Crippen LogP) is 1.94. The van der Waals surface area contributed by atoms with E-state index < -0.39 is 10.0 Å². The first-order chi connectivity index (χ1) is 8.87. The quantitative estimate of drug-likeness (QED) is 0.836. The number of sulfonamides is 1. The van der Waals surface area contributed by atoms with E-state index in [0.29, 0.717) is 10.1 Å². The second-order valence-corrected chi connectivity index (χ2v) is 8.15. The zero-order valence-corrected chi connectivity index (χ0v) is 13.2. The highest BCUT2D eigenvalue weighted by atomic mass is 32.2. The summed E-state index contributed by atoms with van der Waals surface area (Å²) in [5.74, 6) is 0.748. The lowest BCUT2D eigenvalue weighted by Crippen LogP contribution is -2.22. The summed E-state index contributed by atoms with van der Waals surface area (Å²) in [4.78, 5) is 0.324. The van der Waals surface area contributed by atoms with Crippen LogP contribution in [0.4, 0.5) is 0 Å². The van der Waals surface area contributed by atoms with Gasteiger partial charge in [0.15, 0.2) is 0 Å². The van der Waals surface area contributed by atoms with Gasteiger partial charge >= 0.3 is 0 Å². The van der Waals surface area contributed by atoms with E-state index in [2.05, 4.69) is 6.92 Å². The minimum Gasteiger partial charge on any atom is -0.396 e. The van der Waals surface area contributed by atoms with Crippen molar-refractivity contribution in [2.45, 2.75) is 29.2 Å². The van der Waals surface area contributed by atoms with Gasteiger partial charge in [0.2, 0.25) is 10.0 Å². The average molecular weight is 303 g/mol. The average Bonchev–Trinajstić information content (AvgIpc) is 2.37. The first-order valence-corrected chi connectivity index (χ1v) is 8.60. The lowest BCUT2D eigenvalue weighted by atomic mass is 10.2. The van der Waals surface area contributed by atoms with Crippen LogP contribution in [0.1, 0.15) is 18.9 Å². The van der Waals surface area contributed by atoms with Crippen LogP contribution in [-0.2, 0) is 15.8 Å². The van der Waals surface area contributed by atoms with E-state index in [1.165, 1.54) is 18.4 Å². The van der Waals surface area contributed by atoms with Crippen molar-refractivity contribution in [2.75, 3.05) is 20.7 Å². The Bertz CT molecular complexity index is 500. The molecule has 0 heterocycles. The Morgan fingerprint density at radius 2 is 2.05 bits per heavy atom. The molecule has 0 radical (unpaired) electrons. The van der Waals surface area contributed by atoms with E-state index in [9.17, 15) is 8.42 Å². The summed E-state index contributed by atoms with van der Waals surface area (Å²) in [5, 5.41) is 9.21. The molecular weight excluding hydrogens is 282 g/mol. The molecule has 0 aliphatic rings. The second kappa shape index (κ2) is 7.28. The van der Waals surface area contributed by atoms with Gasteiger partial charge in [-0.15, -0.1) is 0 Å². The Balaban J connectivity index is 2.78. The number of aliphatic hydroxyl groups is 1. The van der Waals surface area contributed by atoms with E-state index in [1.54, 1.807) is 30.0 Å². The van der Waals surface area contributed by atoms with Crippen LogP contribution >= 0.6 is 11.8 Å². The molecule has 1 aromatic carbocycles. The molecule has 1 unspecified atom stereocenters. The number of aliphatic hydroxyl groups excluding tert-OH is 1. The van der Waals surface area contributed by atoms with Crippen molar-refractivity contribution in [3.63, 3.8) is 0 Å². The third-order valence-electron chi connectivity index (χ3n) is 2.75. The van der Waals surface area contributed by atoms with Crippen LogP contribution in [0.25, 0.3) is 0 Å². The normalized spacial score (nSPS) is 13.7. The van der Waals surface area contributed by atoms with E-state index in [4.69, 9.17) is 5.11 Å². The van der Waals surface area contributed by atoms with E-state index in [1.807, 2.05) is 6.07 Å². The summed E-state index contributed by atoms with van der Waals surface area (Å²) < 4.78 is 25.2. The van der Waals surface area contributed by atoms with Crippen molar-refractivity contribution >= 4 is 21.8 Å². The van der Waals surface area contributed by atoms with Gasteiger partial charge < -0.3 is 5.11 Å². The van der Waals surface area contributed by atoms with Crippen molar-refractivity contribution in [1.82, 2.24) is 4.31 Å². The van der Waals surface area contributed by atoms with Crippen LogP contribution in [0.15, 0.2) is 29.2 Å². The molecule has 0 spiro atoms. The molecule has 1 N–H and O–H groups in total. The molecule has 0 amide bonds. The molecule has 108 valence electrons. The van der Waals surface area contributed by atoms with Crippen molar-refractivity contribution in [3.05, 3.63) is 29.8 Å². The maximum Gasteiger partial charge on any atom is 0.242 e. The zero-order chi connectivity index (χ0) is 14.5. The molecular formula is C13H21NO3S2. The van der Waals surface area contributed by atoms with Crippen molar-refractivity contribution in [1.29, 1.82) is 0 Å². The summed E-state index contributed by atoms with van der Waals surface area (Å²) in [6.07, 6.45) is 0.750. The fourth-order valence-corrected chi connectivity index (χ4v) is 3.41. The molecule has 6 heteroatoms. The fourth-order valence-electron chi connectivity index (χ4n) is 1.51. The molecule has 0 fully saturated rings. The minimum absolute atomic E-state index is 0.184. The monoisotopic (exact) mass is 303 g/mol. The van der Waals surface area contributed by atoms with Crippen molar-refractivity contribution < 1.29 is 13.5 Å². The number of thioether (sulfide) groups is 1. The first-order valence-electron chi connectivity index (χ1n) is 6.12. The van der Waals surface area contributed by atoms with Gasteiger partial charge in [0, 0.05) is 31.7 Å². The largest absolute Gasteiger partial charge is 0.396 e. The van der Waals surface area contributed by atoms with Gasteiger partial charge in [-0.1, -0.05) is 19.1 Å². The summed E-state index contributed by atoms with van der Waals surface area (Å²) in [7, 11) is -0.308. The Kier molecular flexibility index (Phi) is 6.32. The highest BCUT2D eigenvalue weighted by Crippen LogP contribution is 2.22. The highest BCUT2D eigenvalue weighted by molar-refractivity contribution is 7.99. The van der Waals surface area contributed by atoms with E-state index in [-0.39, 0.29) is 6.61 Å². The van der Waals surface area contributed by atoms with Crippen molar-refractivity contribution in [3.8, 4) is 0 Å². The topological polar surface area (TPSA) is 57.6 Å². The SMILES string of the molecule is CC(CCO)SCc1cccc(S(=O)(=O)N(C)C)c1. The maximum absolute atomic E-state index is 12.0. The number of rotatable bonds is 7. The van der Waals surface area contributed by atoms with Crippen LogP contribution in [0.5, 0.6) is 0 Å². The van der Waals surface area contributed by atoms with Crippen molar-refractivity contribution in [2.24, 2.45) is 0 Å². The van der Waals surface area contributed by atoms with Gasteiger partial charge in [-0.05, 0) is 24.1 Å². The highest BCUT2D eigenvalue weighted by Gasteiger charge is 2.17. The number of hydrogen-bond donors (Lipinski definition) is 1. The number of nitrogens with zero attached hydrogens (tertiary/aromatic N) is 1. The molecule has 1 atom stereocenters. The molecule has 0 aliphatic heterocycles. The molecule has 1 aromatic rings. The molecule has 0 bridgehead atoms.